The minimum atomic E-state index is -0.767. The van der Waals surface area contributed by atoms with Crippen LogP contribution in [-0.4, -0.2) is 38.6 Å². The largest absolute Gasteiger partial charge is 0.352 e. The van der Waals surface area contributed by atoms with Gasteiger partial charge < -0.3 is 15.2 Å². The molecule has 2 amide bonds. The van der Waals surface area contributed by atoms with Gasteiger partial charge in [0.2, 0.25) is 5.82 Å². The summed E-state index contributed by atoms with van der Waals surface area (Å²) >= 11 is 7.50. The zero-order valence-electron chi connectivity index (χ0n) is 19.1. The highest BCUT2D eigenvalue weighted by atomic mass is 35.5. The van der Waals surface area contributed by atoms with E-state index in [1.807, 2.05) is 12.1 Å². The molecule has 180 valence electrons. The fourth-order valence-corrected chi connectivity index (χ4v) is 5.04. The topological polar surface area (TPSA) is 106 Å². The molecule has 0 aliphatic carbocycles. The first-order valence-corrected chi connectivity index (χ1v) is 11.8. The van der Waals surface area contributed by atoms with E-state index in [4.69, 9.17) is 11.6 Å². The van der Waals surface area contributed by atoms with Crippen LogP contribution in [-0.2, 0) is 11.3 Å². The molecular weight excluding hydrogens is 493 g/mol. The standard InChI is InChI=1S/C24H21ClFN5O3S/c1-12(32)11-31-20(13(2)18-15(25)8-6-9-16(18)26)21(28-22(31)24(34)27-3)29-23(33)19-14-7-4-5-10-17(14)35-30-19/h4-10,13H,11H2,1-3H3,(H,27,34)(H,29,33)/t13-/m0/s1. The van der Waals surface area contributed by atoms with E-state index in [2.05, 4.69) is 20.0 Å². The van der Waals surface area contributed by atoms with Crippen LogP contribution in [0.5, 0.6) is 0 Å². The Morgan fingerprint density at radius 3 is 2.57 bits per heavy atom. The third-order valence-electron chi connectivity index (χ3n) is 5.49. The quantitative estimate of drug-likeness (QED) is 0.374. The maximum Gasteiger partial charge on any atom is 0.287 e. The third-order valence-corrected chi connectivity index (χ3v) is 6.64. The minimum Gasteiger partial charge on any atom is -0.352 e. The van der Waals surface area contributed by atoms with E-state index in [0.717, 1.165) is 4.70 Å². The van der Waals surface area contributed by atoms with Gasteiger partial charge in [0.25, 0.3) is 11.8 Å². The number of benzene rings is 2. The number of imidazole rings is 1. The Bertz CT molecular complexity index is 1440. The first kappa shape index (κ1) is 24.5. The monoisotopic (exact) mass is 513 g/mol. The van der Waals surface area contributed by atoms with Crippen LogP contribution >= 0.6 is 23.1 Å². The summed E-state index contributed by atoms with van der Waals surface area (Å²) in [5.74, 6) is -2.80. The summed E-state index contributed by atoms with van der Waals surface area (Å²) in [6.07, 6.45) is 0. The number of Topliss-reactive ketones (excluding diaryl/α,β-unsaturated/α-hetero) is 1. The maximum atomic E-state index is 14.8. The van der Waals surface area contributed by atoms with Crippen molar-refractivity contribution in [3.63, 3.8) is 0 Å². The highest BCUT2D eigenvalue weighted by Gasteiger charge is 2.30. The predicted molar refractivity (Wildman–Crippen MR) is 133 cm³/mol. The molecule has 1 atom stereocenters. The van der Waals surface area contributed by atoms with E-state index in [1.165, 1.54) is 42.2 Å². The predicted octanol–water partition coefficient (Wildman–Crippen LogP) is 4.64. The number of ketones is 1. The molecule has 11 heteroatoms. The number of fused-ring (bicyclic) bond motifs is 1. The molecule has 0 bridgehead atoms. The second-order valence-electron chi connectivity index (χ2n) is 7.88. The number of anilines is 1. The van der Waals surface area contributed by atoms with Gasteiger partial charge in [-0.05, 0) is 36.7 Å². The molecule has 0 fully saturated rings. The SMILES string of the molecule is CNC(=O)c1nc(NC(=O)c2nsc3ccccc23)c([C@@H](C)c2c(F)cccc2Cl)n1CC(C)=O. The number of carbonyl (C=O) groups is 3. The van der Waals surface area contributed by atoms with Gasteiger partial charge in [0.05, 0.1) is 16.9 Å². The summed E-state index contributed by atoms with van der Waals surface area (Å²) in [5.41, 5.74) is 0.603. The molecular formula is C24H21ClFN5O3S. The van der Waals surface area contributed by atoms with Crippen molar-refractivity contribution in [3.05, 3.63) is 76.1 Å². The fourth-order valence-electron chi connectivity index (χ4n) is 3.94. The third kappa shape index (κ3) is 4.67. The molecule has 0 aliphatic rings. The van der Waals surface area contributed by atoms with Crippen LogP contribution in [0.3, 0.4) is 0 Å². The van der Waals surface area contributed by atoms with Crippen molar-refractivity contribution in [2.75, 3.05) is 12.4 Å². The highest BCUT2D eigenvalue weighted by molar-refractivity contribution is 7.13. The van der Waals surface area contributed by atoms with Gasteiger partial charge in [0.15, 0.2) is 5.82 Å². The van der Waals surface area contributed by atoms with Crippen molar-refractivity contribution >= 4 is 56.6 Å². The molecule has 2 heterocycles. The first-order valence-electron chi connectivity index (χ1n) is 10.6. The van der Waals surface area contributed by atoms with Crippen molar-refractivity contribution in [3.8, 4) is 0 Å². The maximum absolute atomic E-state index is 14.8. The number of hydrogen-bond acceptors (Lipinski definition) is 6. The van der Waals surface area contributed by atoms with Crippen LogP contribution in [0, 0.1) is 5.82 Å². The smallest absolute Gasteiger partial charge is 0.287 e. The van der Waals surface area contributed by atoms with Gasteiger partial charge in [-0.25, -0.2) is 9.37 Å². The lowest BCUT2D eigenvalue weighted by Crippen LogP contribution is -2.25. The number of rotatable bonds is 7. The molecule has 2 aromatic heterocycles. The second kappa shape index (κ2) is 9.93. The van der Waals surface area contributed by atoms with Crippen LogP contribution in [0.2, 0.25) is 5.02 Å². The summed E-state index contributed by atoms with van der Waals surface area (Å²) < 4.78 is 21.3. The van der Waals surface area contributed by atoms with Crippen LogP contribution in [0.15, 0.2) is 42.5 Å². The van der Waals surface area contributed by atoms with Crippen LogP contribution < -0.4 is 10.6 Å². The summed E-state index contributed by atoms with van der Waals surface area (Å²) in [4.78, 5) is 42.3. The Morgan fingerprint density at radius 1 is 1.14 bits per heavy atom. The molecule has 4 aromatic rings. The van der Waals surface area contributed by atoms with E-state index in [0.29, 0.717) is 5.39 Å². The molecule has 2 N–H and O–H groups in total. The van der Waals surface area contributed by atoms with E-state index in [-0.39, 0.29) is 45.9 Å². The summed E-state index contributed by atoms with van der Waals surface area (Å²) in [6.45, 7) is 2.81. The molecule has 0 radical (unpaired) electrons. The lowest BCUT2D eigenvalue weighted by Gasteiger charge is -2.19. The van der Waals surface area contributed by atoms with Crippen molar-refractivity contribution in [2.45, 2.75) is 26.3 Å². The molecule has 4 rings (SSSR count). The van der Waals surface area contributed by atoms with Crippen molar-refractivity contribution in [1.82, 2.24) is 19.2 Å². The summed E-state index contributed by atoms with van der Waals surface area (Å²) in [5, 5.41) is 6.04. The summed E-state index contributed by atoms with van der Waals surface area (Å²) in [6, 6.07) is 11.6. The van der Waals surface area contributed by atoms with Gasteiger partial charge in [-0.1, -0.05) is 42.8 Å². The van der Waals surface area contributed by atoms with Crippen molar-refractivity contribution in [2.24, 2.45) is 0 Å². The fraction of sp³-hybridized carbons (Fsp3) is 0.208. The summed E-state index contributed by atoms with van der Waals surface area (Å²) in [7, 11) is 1.42. The molecule has 0 aliphatic heterocycles. The first-order chi connectivity index (χ1) is 16.7. The van der Waals surface area contributed by atoms with Gasteiger partial charge in [0.1, 0.15) is 17.3 Å². The van der Waals surface area contributed by atoms with Crippen LogP contribution in [0.25, 0.3) is 10.1 Å². The zero-order chi connectivity index (χ0) is 25.3. The van der Waals surface area contributed by atoms with Crippen molar-refractivity contribution in [1.29, 1.82) is 0 Å². The second-order valence-corrected chi connectivity index (χ2v) is 9.09. The number of amides is 2. The number of halogens is 2. The normalized spacial score (nSPS) is 11.9. The lowest BCUT2D eigenvalue weighted by molar-refractivity contribution is -0.117. The molecule has 0 saturated carbocycles. The van der Waals surface area contributed by atoms with Gasteiger partial charge in [-0.3, -0.25) is 14.4 Å². The van der Waals surface area contributed by atoms with E-state index < -0.39 is 23.5 Å². The Morgan fingerprint density at radius 2 is 1.89 bits per heavy atom. The number of nitrogens with zero attached hydrogens (tertiary/aromatic N) is 3. The Kier molecular flexibility index (Phi) is 6.95. The Labute approximate surface area is 209 Å². The van der Waals surface area contributed by atoms with E-state index in [1.54, 1.807) is 25.1 Å². The highest BCUT2D eigenvalue weighted by Crippen LogP contribution is 2.37. The van der Waals surface area contributed by atoms with E-state index in [9.17, 15) is 18.8 Å². The van der Waals surface area contributed by atoms with Gasteiger partial charge in [-0.2, -0.15) is 4.37 Å². The molecule has 0 unspecified atom stereocenters. The lowest BCUT2D eigenvalue weighted by atomic mass is 9.96. The molecule has 2 aromatic carbocycles. The van der Waals surface area contributed by atoms with Gasteiger partial charge in [0, 0.05) is 28.9 Å². The van der Waals surface area contributed by atoms with Crippen LogP contribution in [0.1, 0.15) is 52.1 Å². The molecule has 8 nitrogen and oxygen atoms in total. The number of aromatic nitrogens is 3. The van der Waals surface area contributed by atoms with Crippen molar-refractivity contribution < 1.29 is 18.8 Å². The Balaban J connectivity index is 1.88. The van der Waals surface area contributed by atoms with Gasteiger partial charge in [-0.15, -0.1) is 0 Å². The number of carbonyl (C=O) groups excluding carboxylic acids is 3. The minimum absolute atomic E-state index is 0.0127. The number of nitrogens with one attached hydrogen (secondary N) is 2. The zero-order valence-corrected chi connectivity index (χ0v) is 20.6. The van der Waals surface area contributed by atoms with E-state index >= 15 is 0 Å². The number of hydrogen-bond donors (Lipinski definition) is 2. The average Bonchev–Trinajstić information content (AvgIpc) is 3.39. The molecule has 35 heavy (non-hydrogen) atoms. The van der Waals surface area contributed by atoms with Crippen LogP contribution in [0.4, 0.5) is 10.2 Å². The molecule has 0 saturated heterocycles. The Hall–Kier alpha value is -3.63. The average molecular weight is 514 g/mol. The van der Waals surface area contributed by atoms with Gasteiger partial charge >= 0.3 is 0 Å². The molecule has 0 spiro atoms.